The van der Waals surface area contributed by atoms with Crippen LogP contribution in [0.25, 0.3) is 0 Å². The van der Waals surface area contributed by atoms with E-state index in [0.717, 1.165) is 28.0 Å². The summed E-state index contributed by atoms with van der Waals surface area (Å²) in [6.45, 7) is 5.26. The highest BCUT2D eigenvalue weighted by atomic mass is 79.9. The Balaban J connectivity index is 1.77. The van der Waals surface area contributed by atoms with E-state index in [2.05, 4.69) is 26.6 Å². The summed E-state index contributed by atoms with van der Waals surface area (Å²) in [5, 5.41) is 5.68. The highest BCUT2D eigenvalue weighted by molar-refractivity contribution is 9.10. The Bertz CT molecular complexity index is 750. The van der Waals surface area contributed by atoms with Gasteiger partial charge in [0.25, 0.3) is 0 Å². The molecule has 26 heavy (non-hydrogen) atoms. The number of anilines is 2. The molecular weight excluding hydrogens is 394 g/mol. The van der Waals surface area contributed by atoms with Gasteiger partial charge in [0.05, 0.1) is 6.54 Å². The number of likely N-dealkylation sites (N-methyl/N-ethyl adjacent to an activating group) is 1. The maximum atomic E-state index is 12.1. The minimum absolute atomic E-state index is 0.0952. The van der Waals surface area contributed by atoms with E-state index in [1.807, 2.05) is 67.3 Å². The molecule has 138 valence electrons. The van der Waals surface area contributed by atoms with Crippen LogP contribution in [0.15, 0.2) is 53.0 Å². The maximum Gasteiger partial charge on any atom is 0.239 e. The molecule has 0 radical (unpaired) electrons. The number of rotatable bonds is 8. The van der Waals surface area contributed by atoms with Crippen LogP contribution in [0, 0.1) is 6.92 Å². The van der Waals surface area contributed by atoms with Gasteiger partial charge in [0.2, 0.25) is 11.8 Å². The van der Waals surface area contributed by atoms with Crippen molar-refractivity contribution < 1.29 is 9.59 Å². The summed E-state index contributed by atoms with van der Waals surface area (Å²) < 4.78 is 0.910. The lowest BCUT2D eigenvalue weighted by atomic mass is 10.2. The zero-order chi connectivity index (χ0) is 18.9. The van der Waals surface area contributed by atoms with E-state index in [-0.39, 0.29) is 24.8 Å². The van der Waals surface area contributed by atoms with Gasteiger partial charge in [0.1, 0.15) is 0 Å². The van der Waals surface area contributed by atoms with Crippen molar-refractivity contribution in [1.82, 2.24) is 5.32 Å². The predicted octanol–water partition coefficient (Wildman–Crippen LogP) is 3.73. The summed E-state index contributed by atoms with van der Waals surface area (Å²) in [6, 6.07) is 15.5. The van der Waals surface area contributed by atoms with Crippen molar-refractivity contribution in [3.8, 4) is 0 Å². The van der Waals surface area contributed by atoms with Crippen LogP contribution in [0.2, 0.25) is 0 Å². The van der Waals surface area contributed by atoms with Crippen molar-refractivity contribution in [2.75, 3.05) is 29.9 Å². The first kappa shape index (κ1) is 20.0. The fraction of sp³-hybridized carbons (Fsp3) is 0.300. The van der Waals surface area contributed by atoms with E-state index in [1.54, 1.807) is 0 Å². The second kappa shape index (κ2) is 9.97. The lowest BCUT2D eigenvalue weighted by molar-refractivity contribution is -0.120. The zero-order valence-electron chi connectivity index (χ0n) is 15.1. The van der Waals surface area contributed by atoms with Crippen LogP contribution >= 0.6 is 15.9 Å². The second-order valence-corrected chi connectivity index (χ2v) is 6.87. The number of benzene rings is 2. The van der Waals surface area contributed by atoms with Crippen LogP contribution in [0.5, 0.6) is 0 Å². The molecule has 0 heterocycles. The van der Waals surface area contributed by atoms with E-state index >= 15 is 0 Å². The molecule has 2 N–H and O–H groups in total. The molecule has 0 atom stereocenters. The van der Waals surface area contributed by atoms with Crippen molar-refractivity contribution in [1.29, 1.82) is 0 Å². The summed E-state index contributed by atoms with van der Waals surface area (Å²) in [6.07, 6.45) is 0.231. The molecule has 2 amide bonds. The van der Waals surface area contributed by atoms with Gasteiger partial charge in [-0.1, -0.05) is 40.2 Å². The summed E-state index contributed by atoms with van der Waals surface area (Å²) in [5.41, 5.74) is 2.77. The average molecular weight is 418 g/mol. The van der Waals surface area contributed by atoms with E-state index in [4.69, 9.17) is 0 Å². The molecule has 0 aliphatic carbocycles. The Kier molecular flexibility index (Phi) is 7.66. The molecule has 0 unspecified atom stereocenters. The maximum absolute atomic E-state index is 12.1. The third-order valence-corrected chi connectivity index (χ3v) is 4.48. The van der Waals surface area contributed by atoms with Crippen LogP contribution in [0.1, 0.15) is 18.9 Å². The van der Waals surface area contributed by atoms with Crippen molar-refractivity contribution in [3.05, 3.63) is 58.6 Å². The smallest absolute Gasteiger partial charge is 0.239 e. The minimum atomic E-state index is -0.123. The van der Waals surface area contributed by atoms with Crippen molar-refractivity contribution >= 4 is 39.1 Å². The molecule has 0 saturated carbocycles. The molecule has 0 bridgehead atoms. The summed E-state index contributed by atoms with van der Waals surface area (Å²) in [5.74, 6) is -0.218. The second-order valence-electron chi connectivity index (χ2n) is 5.96. The van der Waals surface area contributed by atoms with E-state index in [0.29, 0.717) is 6.54 Å². The normalized spacial score (nSPS) is 10.3. The Hall–Kier alpha value is -2.34. The Morgan fingerprint density at radius 1 is 1.08 bits per heavy atom. The van der Waals surface area contributed by atoms with Gasteiger partial charge in [0, 0.05) is 35.4 Å². The van der Waals surface area contributed by atoms with Crippen molar-refractivity contribution in [3.63, 3.8) is 0 Å². The molecule has 0 spiro atoms. The Labute approximate surface area is 162 Å². The van der Waals surface area contributed by atoms with Gasteiger partial charge >= 0.3 is 0 Å². The lowest BCUT2D eigenvalue weighted by Gasteiger charge is -2.22. The molecule has 5 nitrogen and oxygen atoms in total. The van der Waals surface area contributed by atoms with Crippen LogP contribution in [-0.4, -0.2) is 31.4 Å². The van der Waals surface area contributed by atoms with Gasteiger partial charge in [-0.25, -0.2) is 0 Å². The largest absolute Gasteiger partial charge is 0.363 e. The number of nitrogens with zero attached hydrogens (tertiary/aromatic N) is 1. The topological polar surface area (TPSA) is 61.4 Å². The molecule has 0 saturated heterocycles. The van der Waals surface area contributed by atoms with Crippen molar-refractivity contribution in [2.24, 2.45) is 0 Å². The summed E-state index contributed by atoms with van der Waals surface area (Å²) in [7, 11) is 0. The molecule has 2 aromatic carbocycles. The number of carbonyl (C=O) groups is 2. The number of carbonyl (C=O) groups excluding carboxylic acids is 2. The molecule has 0 aromatic heterocycles. The molecule has 2 rings (SSSR count). The molecule has 0 aliphatic rings. The number of para-hydroxylation sites is 1. The first-order valence-corrected chi connectivity index (χ1v) is 9.41. The molecule has 0 fully saturated rings. The lowest BCUT2D eigenvalue weighted by Crippen LogP contribution is -2.38. The quantitative estimate of drug-likeness (QED) is 0.687. The SMILES string of the molecule is CCN(CC(=O)NCCC(=O)Nc1cc(Br)ccc1C)c1ccccc1. The number of nitrogens with one attached hydrogen (secondary N) is 2. The fourth-order valence-electron chi connectivity index (χ4n) is 2.51. The molecular formula is C20H24BrN3O2. The Morgan fingerprint density at radius 3 is 2.50 bits per heavy atom. The molecule has 2 aromatic rings. The number of amides is 2. The van der Waals surface area contributed by atoms with Crippen LogP contribution < -0.4 is 15.5 Å². The highest BCUT2D eigenvalue weighted by Gasteiger charge is 2.10. The van der Waals surface area contributed by atoms with Gasteiger partial charge in [-0.2, -0.15) is 0 Å². The number of hydrogen-bond donors (Lipinski definition) is 2. The molecule has 6 heteroatoms. The van der Waals surface area contributed by atoms with E-state index in [9.17, 15) is 9.59 Å². The standard InChI is InChI=1S/C20H24BrN3O2/c1-3-24(17-7-5-4-6-8-17)14-20(26)22-12-11-19(25)23-18-13-16(21)10-9-15(18)2/h4-10,13H,3,11-12,14H2,1-2H3,(H,22,26)(H,23,25). The van der Waals surface area contributed by atoms with Crippen LogP contribution in [0.3, 0.4) is 0 Å². The van der Waals surface area contributed by atoms with Gasteiger partial charge in [0.15, 0.2) is 0 Å². The van der Waals surface area contributed by atoms with Crippen LogP contribution in [0.4, 0.5) is 11.4 Å². The van der Waals surface area contributed by atoms with Gasteiger partial charge < -0.3 is 15.5 Å². The number of aryl methyl sites for hydroxylation is 1. The highest BCUT2D eigenvalue weighted by Crippen LogP contribution is 2.20. The monoisotopic (exact) mass is 417 g/mol. The van der Waals surface area contributed by atoms with E-state index < -0.39 is 0 Å². The van der Waals surface area contributed by atoms with Gasteiger partial charge in [-0.15, -0.1) is 0 Å². The van der Waals surface area contributed by atoms with Gasteiger partial charge in [-0.05, 0) is 43.7 Å². The first-order chi connectivity index (χ1) is 12.5. The van der Waals surface area contributed by atoms with E-state index in [1.165, 1.54) is 0 Å². The van der Waals surface area contributed by atoms with Gasteiger partial charge in [-0.3, -0.25) is 9.59 Å². The zero-order valence-corrected chi connectivity index (χ0v) is 16.7. The van der Waals surface area contributed by atoms with Crippen LogP contribution in [-0.2, 0) is 9.59 Å². The summed E-state index contributed by atoms with van der Waals surface area (Å²) in [4.78, 5) is 26.2. The number of hydrogen-bond acceptors (Lipinski definition) is 3. The average Bonchev–Trinajstić information content (AvgIpc) is 2.63. The minimum Gasteiger partial charge on any atom is -0.363 e. The predicted molar refractivity (Wildman–Crippen MR) is 109 cm³/mol. The molecule has 0 aliphatic heterocycles. The Morgan fingerprint density at radius 2 is 1.81 bits per heavy atom. The van der Waals surface area contributed by atoms with Crippen molar-refractivity contribution in [2.45, 2.75) is 20.3 Å². The third kappa shape index (κ3) is 6.19. The first-order valence-electron chi connectivity index (χ1n) is 8.62. The number of halogens is 1. The summed E-state index contributed by atoms with van der Waals surface area (Å²) >= 11 is 3.39. The third-order valence-electron chi connectivity index (χ3n) is 3.99. The fourth-order valence-corrected chi connectivity index (χ4v) is 2.87.